The molecule has 1 amide bonds. The van der Waals surface area contributed by atoms with Crippen molar-refractivity contribution in [3.63, 3.8) is 0 Å². The maximum atomic E-state index is 11.6. The number of rotatable bonds is 7. The predicted molar refractivity (Wildman–Crippen MR) is 76.5 cm³/mol. The first-order valence-electron chi connectivity index (χ1n) is 6.93. The molecule has 1 rings (SSSR count). The van der Waals surface area contributed by atoms with Crippen LogP contribution in [0.4, 0.5) is 0 Å². The van der Waals surface area contributed by atoms with Gasteiger partial charge in [-0.1, -0.05) is 50.6 Å². The van der Waals surface area contributed by atoms with Gasteiger partial charge in [0.25, 0.3) is 0 Å². The smallest absolute Gasteiger partial charge is 0.219 e. The molecule has 0 aromatic heterocycles. The van der Waals surface area contributed by atoms with Crippen LogP contribution in [0.15, 0.2) is 30.3 Å². The zero-order chi connectivity index (χ0) is 13.4. The molecular weight excluding hydrogens is 222 g/mol. The summed E-state index contributed by atoms with van der Waals surface area (Å²) in [6.07, 6.45) is 3.27. The molecule has 0 saturated heterocycles. The van der Waals surface area contributed by atoms with Crippen LogP contribution in [0.1, 0.15) is 39.2 Å². The highest BCUT2D eigenvalue weighted by molar-refractivity contribution is 5.73. The summed E-state index contributed by atoms with van der Waals surface area (Å²) in [5, 5.41) is 0. The molecule has 0 heterocycles. The third-order valence-corrected chi connectivity index (χ3v) is 3.19. The Labute approximate surface area is 111 Å². The Hall–Kier alpha value is -1.31. The van der Waals surface area contributed by atoms with Gasteiger partial charge in [-0.2, -0.15) is 0 Å². The lowest BCUT2D eigenvalue weighted by Crippen LogP contribution is -2.34. The Balaban J connectivity index is 2.45. The quantitative estimate of drug-likeness (QED) is 0.722. The second-order valence-electron chi connectivity index (χ2n) is 5.11. The van der Waals surface area contributed by atoms with E-state index < -0.39 is 0 Å². The Bertz CT molecular complexity index is 347. The molecule has 2 heteroatoms. The maximum Gasteiger partial charge on any atom is 0.219 e. The first-order chi connectivity index (χ1) is 8.63. The molecule has 0 fully saturated rings. The summed E-state index contributed by atoms with van der Waals surface area (Å²) >= 11 is 0. The summed E-state index contributed by atoms with van der Waals surface area (Å²) in [5.41, 5.74) is 1.35. The average molecular weight is 247 g/mol. The summed E-state index contributed by atoms with van der Waals surface area (Å²) in [5.74, 6) is 0.705. The molecule has 100 valence electrons. The van der Waals surface area contributed by atoms with E-state index >= 15 is 0 Å². The van der Waals surface area contributed by atoms with Gasteiger partial charge in [-0.3, -0.25) is 4.79 Å². The lowest BCUT2D eigenvalue weighted by Gasteiger charge is -2.24. The van der Waals surface area contributed by atoms with Crippen LogP contribution in [0.5, 0.6) is 0 Å². The Morgan fingerprint density at radius 1 is 1.28 bits per heavy atom. The van der Waals surface area contributed by atoms with Gasteiger partial charge in [0.15, 0.2) is 0 Å². The van der Waals surface area contributed by atoms with Crippen molar-refractivity contribution >= 4 is 5.91 Å². The van der Waals surface area contributed by atoms with Crippen molar-refractivity contribution in [2.24, 2.45) is 5.92 Å². The van der Waals surface area contributed by atoms with Gasteiger partial charge in [-0.05, 0) is 24.3 Å². The van der Waals surface area contributed by atoms with Crippen LogP contribution in [0.3, 0.4) is 0 Å². The molecule has 0 N–H and O–H groups in total. The van der Waals surface area contributed by atoms with Crippen LogP contribution in [0.25, 0.3) is 0 Å². The minimum atomic E-state index is 0.198. The van der Waals surface area contributed by atoms with Gasteiger partial charge in [0.2, 0.25) is 5.91 Å². The monoisotopic (exact) mass is 247 g/mol. The van der Waals surface area contributed by atoms with Crippen LogP contribution < -0.4 is 0 Å². The number of amides is 1. The van der Waals surface area contributed by atoms with Crippen molar-refractivity contribution in [3.05, 3.63) is 35.9 Å². The standard InChI is InChI=1S/C16H25NO/c1-4-5-11-17(15(3)18)13-14(2)12-16-9-7-6-8-10-16/h6-10,14H,4-5,11-13H2,1-3H3. The minimum Gasteiger partial charge on any atom is -0.343 e. The van der Waals surface area contributed by atoms with E-state index in [1.807, 2.05) is 11.0 Å². The van der Waals surface area contributed by atoms with Gasteiger partial charge in [-0.15, -0.1) is 0 Å². The molecule has 1 unspecified atom stereocenters. The van der Waals surface area contributed by atoms with Crippen molar-refractivity contribution < 1.29 is 4.79 Å². The summed E-state index contributed by atoms with van der Waals surface area (Å²) in [4.78, 5) is 13.5. The van der Waals surface area contributed by atoms with Crippen molar-refractivity contribution in [1.29, 1.82) is 0 Å². The number of hydrogen-bond acceptors (Lipinski definition) is 1. The maximum absolute atomic E-state index is 11.6. The van der Waals surface area contributed by atoms with Gasteiger partial charge >= 0.3 is 0 Å². The molecule has 0 radical (unpaired) electrons. The normalized spacial score (nSPS) is 12.2. The lowest BCUT2D eigenvalue weighted by atomic mass is 10.0. The molecule has 18 heavy (non-hydrogen) atoms. The fourth-order valence-corrected chi connectivity index (χ4v) is 2.18. The van der Waals surface area contributed by atoms with E-state index in [4.69, 9.17) is 0 Å². The van der Waals surface area contributed by atoms with Crippen LogP contribution in [-0.4, -0.2) is 23.9 Å². The molecular formula is C16H25NO. The van der Waals surface area contributed by atoms with Crippen molar-refractivity contribution in [1.82, 2.24) is 4.90 Å². The molecule has 0 aliphatic heterocycles. The van der Waals surface area contributed by atoms with E-state index in [9.17, 15) is 4.79 Å². The Morgan fingerprint density at radius 3 is 2.50 bits per heavy atom. The SMILES string of the molecule is CCCCN(CC(C)Cc1ccccc1)C(C)=O. The zero-order valence-electron chi connectivity index (χ0n) is 11.9. The highest BCUT2D eigenvalue weighted by Gasteiger charge is 2.12. The van der Waals surface area contributed by atoms with Gasteiger partial charge < -0.3 is 4.90 Å². The van der Waals surface area contributed by atoms with E-state index in [1.165, 1.54) is 5.56 Å². The number of carbonyl (C=O) groups is 1. The summed E-state index contributed by atoms with van der Waals surface area (Å²) < 4.78 is 0. The Kier molecular flexibility index (Phi) is 6.48. The van der Waals surface area contributed by atoms with Crippen molar-refractivity contribution in [2.45, 2.75) is 40.0 Å². The number of benzene rings is 1. The topological polar surface area (TPSA) is 20.3 Å². The third-order valence-electron chi connectivity index (χ3n) is 3.19. The zero-order valence-corrected chi connectivity index (χ0v) is 11.9. The molecule has 0 spiro atoms. The van der Waals surface area contributed by atoms with E-state index in [0.29, 0.717) is 5.92 Å². The highest BCUT2D eigenvalue weighted by atomic mass is 16.2. The lowest BCUT2D eigenvalue weighted by molar-refractivity contribution is -0.129. The summed E-state index contributed by atoms with van der Waals surface area (Å²) in [6, 6.07) is 10.5. The fourth-order valence-electron chi connectivity index (χ4n) is 2.18. The van der Waals surface area contributed by atoms with Crippen LogP contribution in [0.2, 0.25) is 0 Å². The molecule has 0 aliphatic carbocycles. The third kappa shape index (κ3) is 5.35. The molecule has 2 nitrogen and oxygen atoms in total. The molecule has 0 saturated carbocycles. The van der Waals surface area contributed by atoms with E-state index in [2.05, 4.69) is 38.1 Å². The number of carbonyl (C=O) groups excluding carboxylic acids is 1. The van der Waals surface area contributed by atoms with Crippen LogP contribution >= 0.6 is 0 Å². The Morgan fingerprint density at radius 2 is 1.94 bits per heavy atom. The summed E-state index contributed by atoms with van der Waals surface area (Å²) in [6.45, 7) is 7.81. The largest absolute Gasteiger partial charge is 0.343 e. The molecule has 1 aromatic rings. The number of nitrogens with zero attached hydrogens (tertiary/aromatic N) is 1. The van der Waals surface area contributed by atoms with E-state index in [0.717, 1.165) is 32.4 Å². The summed E-state index contributed by atoms with van der Waals surface area (Å²) in [7, 11) is 0. The van der Waals surface area contributed by atoms with E-state index in [-0.39, 0.29) is 5.91 Å². The van der Waals surface area contributed by atoms with Gasteiger partial charge in [0, 0.05) is 20.0 Å². The minimum absolute atomic E-state index is 0.198. The van der Waals surface area contributed by atoms with Crippen molar-refractivity contribution in [2.75, 3.05) is 13.1 Å². The molecule has 0 aliphatic rings. The molecule has 1 atom stereocenters. The first kappa shape index (κ1) is 14.7. The highest BCUT2D eigenvalue weighted by Crippen LogP contribution is 2.10. The van der Waals surface area contributed by atoms with Crippen LogP contribution in [0, 0.1) is 5.92 Å². The van der Waals surface area contributed by atoms with Crippen molar-refractivity contribution in [3.8, 4) is 0 Å². The fraction of sp³-hybridized carbons (Fsp3) is 0.562. The molecule has 0 bridgehead atoms. The van der Waals surface area contributed by atoms with Gasteiger partial charge in [0.05, 0.1) is 0 Å². The first-order valence-corrected chi connectivity index (χ1v) is 6.93. The number of hydrogen-bond donors (Lipinski definition) is 0. The van der Waals surface area contributed by atoms with Gasteiger partial charge in [0.1, 0.15) is 0 Å². The van der Waals surface area contributed by atoms with Gasteiger partial charge in [-0.25, -0.2) is 0 Å². The van der Waals surface area contributed by atoms with E-state index in [1.54, 1.807) is 6.92 Å². The predicted octanol–water partition coefficient (Wildman–Crippen LogP) is 3.51. The molecule has 1 aromatic carbocycles. The second kappa shape index (κ2) is 7.91. The number of unbranched alkanes of at least 4 members (excludes halogenated alkanes) is 1. The average Bonchev–Trinajstić information content (AvgIpc) is 2.35. The second-order valence-corrected chi connectivity index (χ2v) is 5.11. The van der Waals surface area contributed by atoms with Crippen LogP contribution in [-0.2, 0) is 11.2 Å².